The van der Waals surface area contributed by atoms with Gasteiger partial charge in [0.25, 0.3) is 0 Å². The summed E-state index contributed by atoms with van der Waals surface area (Å²) in [5, 5.41) is 13.8. The number of nitrogens with zero attached hydrogens (tertiary/aromatic N) is 1. The Labute approximate surface area is 121 Å². The normalized spacial score (nSPS) is 25.4. The van der Waals surface area contributed by atoms with Crippen molar-refractivity contribution in [2.24, 2.45) is 0 Å². The number of ether oxygens (including phenoxy) is 1. The molecule has 112 valence electrons. The van der Waals surface area contributed by atoms with E-state index in [-0.39, 0.29) is 0 Å². The minimum absolute atomic E-state index is 0.486. The van der Waals surface area contributed by atoms with Crippen molar-refractivity contribution >= 4 is 0 Å². The highest BCUT2D eigenvalue weighted by Gasteiger charge is 2.23. The van der Waals surface area contributed by atoms with Crippen LogP contribution in [0.3, 0.4) is 0 Å². The van der Waals surface area contributed by atoms with Gasteiger partial charge in [0.15, 0.2) is 0 Å². The minimum Gasteiger partial charge on any atom is -0.497 e. The van der Waals surface area contributed by atoms with E-state index in [9.17, 15) is 5.11 Å². The molecule has 1 aromatic carbocycles. The molecule has 3 atom stereocenters. The number of hydrogen-bond acceptors (Lipinski definition) is 4. The van der Waals surface area contributed by atoms with Gasteiger partial charge in [-0.15, -0.1) is 0 Å². The van der Waals surface area contributed by atoms with Crippen LogP contribution in [0.1, 0.15) is 31.4 Å². The molecule has 2 rings (SSSR count). The van der Waals surface area contributed by atoms with E-state index in [1.54, 1.807) is 7.11 Å². The Bertz CT molecular complexity index is 425. The molecule has 0 spiro atoms. The van der Waals surface area contributed by atoms with E-state index in [0.29, 0.717) is 18.6 Å². The Morgan fingerprint density at radius 3 is 3.00 bits per heavy atom. The number of aliphatic hydroxyl groups is 1. The van der Waals surface area contributed by atoms with Crippen molar-refractivity contribution in [3.63, 3.8) is 0 Å². The van der Waals surface area contributed by atoms with Gasteiger partial charge in [0.1, 0.15) is 5.75 Å². The monoisotopic (exact) mass is 278 g/mol. The SMILES string of the molecule is COc1cccc(C(O)CNC2CCN(C)C(C)C2)c1. The van der Waals surface area contributed by atoms with E-state index in [1.807, 2.05) is 24.3 Å². The largest absolute Gasteiger partial charge is 0.497 e. The predicted octanol–water partition coefficient (Wildman–Crippen LogP) is 1.80. The van der Waals surface area contributed by atoms with Gasteiger partial charge in [-0.25, -0.2) is 0 Å². The van der Waals surface area contributed by atoms with Crippen molar-refractivity contribution < 1.29 is 9.84 Å². The van der Waals surface area contributed by atoms with Crippen LogP contribution >= 0.6 is 0 Å². The first-order chi connectivity index (χ1) is 9.60. The van der Waals surface area contributed by atoms with Crippen LogP contribution in [-0.4, -0.2) is 49.3 Å². The molecular formula is C16H26N2O2. The van der Waals surface area contributed by atoms with Gasteiger partial charge in [0.2, 0.25) is 0 Å². The maximum atomic E-state index is 10.3. The lowest BCUT2D eigenvalue weighted by atomic mass is 9.98. The highest BCUT2D eigenvalue weighted by atomic mass is 16.5. The van der Waals surface area contributed by atoms with Gasteiger partial charge < -0.3 is 20.1 Å². The Morgan fingerprint density at radius 2 is 2.30 bits per heavy atom. The first kappa shape index (κ1) is 15.3. The molecule has 0 amide bonds. The summed E-state index contributed by atoms with van der Waals surface area (Å²) in [4.78, 5) is 2.39. The average molecular weight is 278 g/mol. The molecule has 1 aromatic rings. The second-order valence-electron chi connectivity index (χ2n) is 5.75. The summed E-state index contributed by atoms with van der Waals surface area (Å²) in [6.07, 6.45) is 1.80. The van der Waals surface area contributed by atoms with Crippen LogP contribution in [0.25, 0.3) is 0 Å². The Hall–Kier alpha value is -1.10. The fraction of sp³-hybridized carbons (Fsp3) is 0.625. The molecule has 0 saturated carbocycles. The molecule has 4 heteroatoms. The molecule has 1 heterocycles. The number of benzene rings is 1. The van der Waals surface area contributed by atoms with Gasteiger partial charge in [-0.05, 0) is 51.1 Å². The average Bonchev–Trinajstić information content (AvgIpc) is 2.48. The molecule has 1 aliphatic rings. The van der Waals surface area contributed by atoms with Crippen LogP contribution in [0.15, 0.2) is 24.3 Å². The third kappa shape index (κ3) is 3.95. The topological polar surface area (TPSA) is 44.7 Å². The van der Waals surface area contributed by atoms with E-state index in [4.69, 9.17) is 4.74 Å². The van der Waals surface area contributed by atoms with Crippen molar-refractivity contribution in [1.82, 2.24) is 10.2 Å². The lowest BCUT2D eigenvalue weighted by Gasteiger charge is -2.35. The van der Waals surface area contributed by atoms with Crippen LogP contribution in [0, 0.1) is 0 Å². The summed E-state index contributed by atoms with van der Waals surface area (Å²) in [5.41, 5.74) is 0.901. The van der Waals surface area contributed by atoms with E-state index < -0.39 is 6.10 Å². The zero-order valence-electron chi connectivity index (χ0n) is 12.7. The number of likely N-dealkylation sites (tertiary alicyclic amines) is 1. The second kappa shape index (κ2) is 7.07. The van der Waals surface area contributed by atoms with Gasteiger partial charge in [-0.2, -0.15) is 0 Å². The zero-order chi connectivity index (χ0) is 14.5. The molecule has 0 aliphatic carbocycles. The molecule has 2 N–H and O–H groups in total. The molecular weight excluding hydrogens is 252 g/mol. The van der Waals surface area contributed by atoms with Gasteiger partial charge in [0, 0.05) is 18.6 Å². The maximum Gasteiger partial charge on any atom is 0.119 e. The van der Waals surface area contributed by atoms with E-state index >= 15 is 0 Å². The molecule has 1 saturated heterocycles. The first-order valence-corrected chi connectivity index (χ1v) is 7.35. The van der Waals surface area contributed by atoms with Crippen LogP contribution in [0.4, 0.5) is 0 Å². The molecule has 4 nitrogen and oxygen atoms in total. The van der Waals surface area contributed by atoms with Crippen LogP contribution in [-0.2, 0) is 0 Å². The van der Waals surface area contributed by atoms with Crippen LogP contribution < -0.4 is 10.1 Å². The summed E-state index contributed by atoms with van der Waals surface area (Å²) in [6.45, 7) is 3.97. The Morgan fingerprint density at radius 1 is 1.50 bits per heavy atom. The van der Waals surface area contributed by atoms with Crippen LogP contribution in [0.2, 0.25) is 0 Å². The molecule has 1 aliphatic heterocycles. The van der Waals surface area contributed by atoms with Crippen molar-refractivity contribution in [2.45, 2.75) is 38.0 Å². The van der Waals surface area contributed by atoms with E-state index in [1.165, 1.54) is 0 Å². The van der Waals surface area contributed by atoms with Gasteiger partial charge in [-0.3, -0.25) is 0 Å². The summed E-state index contributed by atoms with van der Waals surface area (Å²) in [5.74, 6) is 0.787. The Balaban J connectivity index is 1.84. The molecule has 0 aromatic heterocycles. The van der Waals surface area contributed by atoms with Gasteiger partial charge in [0.05, 0.1) is 13.2 Å². The van der Waals surface area contributed by atoms with E-state index in [0.717, 1.165) is 30.7 Å². The van der Waals surface area contributed by atoms with Crippen molar-refractivity contribution in [1.29, 1.82) is 0 Å². The van der Waals surface area contributed by atoms with Crippen molar-refractivity contribution in [2.75, 3.05) is 27.2 Å². The molecule has 1 fully saturated rings. The predicted molar refractivity (Wildman–Crippen MR) is 81.1 cm³/mol. The number of methoxy groups -OCH3 is 1. The highest BCUT2D eigenvalue weighted by molar-refractivity contribution is 5.29. The van der Waals surface area contributed by atoms with Crippen molar-refractivity contribution in [3.05, 3.63) is 29.8 Å². The molecule has 0 radical (unpaired) electrons. The third-order valence-corrected chi connectivity index (χ3v) is 4.29. The first-order valence-electron chi connectivity index (χ1n) is 7.35. The smallest absolute Gasteiger partial charge is 0.119 e. The lowest BCUT2D eigenvalue weighted by molar-refractivity contribution is 0.139. The number of hydrogen-bond donors (Lipinski definition) is 2. The lowest BCUT2D eigenvalue weighted by Crippen LogP contribution is -2.46. The number of rotatable bonds is 5. The quantitative estimate of drug-likeness (QED) is 0.862. The van der Waals surface area contributed by atoms with Crippen LogP contribution in [0.5, 0.6) is 5.75 Å². The molecule has 3 unspecified atom stereocenters. The third-order valence-electron chi connectivity index (χ3n) is 4.29. The Kier molecular flexibility index (Phi) is 5.40. The number of piperidine rings is 1. The number of aliphatic hydroxyl groups excluding tert-OH is 1. The minimum atomic E-state index is -0.486. The zero-order valence-corrected chi connectivity index (χ0v) is 12.7. The summed E-state index contributed by atoms with van der Waals surface area (Å²) < 4.78 is 5.19. The summed E-state index contributed by atoms with van der Waals surface area (Å²) >= 11 is 0. The van der Waals surface area contributed by atoms with Gasteiger partial charge in [-0.1, -0.05) is 12.1 Å². The highest BCUT2D eigenvalue weighted by Crippen LogP contribution is 2.20. The van der Waals surface area contributed by atoms with Crippen molar-refractivity contribution in [3.8, 4) is 5.75 Å². The summed E-state index contributed by atoms with van der Waals surface area (Å²) in [6, 6.07) is 8.74. The maximum absolute atomic E-state index is 10.3. The fourth-order valence-corrected chi connectivity index (χ4v) is 2.72. The second-order valence-corrected chi connectivity index (χ2v) is 5.75. The fourth-order valence-electron chi connectivity index (χ4n) is 2.72. The molecule has 20 heavy (non-hydrogen) atoms. The van der Waals surface area contributed by atoms with Gasteiger partial charge >= 0.3 is 0 Å². The molecule has 0 bridgehead atoms. The standard InChI is InChI=1S/C16H26N2O2/c1-12-9-14(7-8-18(12)2)17-11-16(19)13-5-4-6-15(10-13)20-3/h4-6,10,12,14,16-17,19H,7-9,11H2,1-3H3. The summed E-state index contributed by atoms with van der Waals surface area (Å²) in [7, 11) is 3.82. The number of nitrogens with one attached hydrogen (secondary N) is 1. The van der Waals surface area contributed by atoms with E-state index in [2.05, 4.69) is 24.2 Å².